The number of aromatic hydroxyl groups is 2. The van der Waals surface area contributed by atoms with E-state index in [2.05, 4.69) is 0 Å². The minimum absolute atomic E-state index is 0.0245. The van der Waals surface area contributed by atoms with E-state index in [4.69, 9.17) is 37.6 Å². The molecule has 2 fully saturated rings. The van der Waals surface area contributed by atoms with Gasteiger partial charge in [0.15, 0.2) is 23.2 Å². The molecule has 3 aromatic rings. The fourth-order valence-corrected chi connectivity index (χ4v) is 6.98. The summed E-state index contributed by atoms with van der Waals surface area (Å²) in [5.41, 5.74) is 0.717. The largest absolute Gasteiger partial charge is 0.508 e. The highest BCUT2D eigenvalue weighted by Gasteiger charge is 2.53. The standard InChI is InChI=1S/C39H44O18/c1-50-24-14-25-20(22(42)13-23(54-25)18-5-7-19(41)8-6-18)12-21(24)37-38(35(48)32(45)28(15-40)55-37)57-39-36(49)34(47)33(46)29(56-39)16-53-30(43)9-4-17-10-26(51-2)31(44)27(11-17)52-3/h4-11,13-14,21,28-29,32-41,44-49H,12,15-16H2,1-3H3/b9-4+/t21?,28-,29-,32-,33-,34-,35-,36-,37-,38-,39+/m1/s1. The lowest BCUT2D eigenvalue weighted by atomic mass is 9.80. The molecule has 1 aromatic heterocycles. The highest BCUT2D eigenvalue weighted by atomic mass is 16.7. The minimum Gasteiger partial charge on any atom is -0.508 e. The van der Waals surface area contributed by atoms with Crippen LogP contribution in [0, 0.1) is 5.92 Å². The van der Waals surface area contributed by atoms with E-state index in [-0.39, 0.29) is 52.3 Å². The van der Waals surface area contributed by atoms with Crippen LogP contribution in [-0.4, -0.2) is 143 Å². The Morgan fingerprint density at radius 2 is 1.51 bits per heavy atom. The zero-order valence-electron chi connectivity index (χ0n) is 30.9. The van der Waals surface area contributed by atoms with Crippen molar-refractivity contribution in [2.75, 3.05) is 34.5 Å². The number of carbonyl (C=O) groups excluding carboxylic acids is 1. The van der Waals surface area contributed by atoms with Crippen LogP contribution in [0.2, 0.25) is 0 Å². The number of phenolic OH excluding ortho intramolecular Hbond substituents is 2. The normalized spacial score (nSPS) is 30.0. The first-order chi connectivity index (χ1) is 27.3. The van der Waals surface area contributed by atoms with Gasteiger partial charge in [-0.25, -0.2) is 4.79 Å². The number of hydrogen-bond donors (Lipinski definition) is 8. The van der Waals surface area contributed by atoms with Crippen molar-refractivity contribution in [3.05, 3.63) is 81.4 Å². The fourth-order valence-electron chi connectivity index (χ4n) is 6.98. The van der Waals surface area contributed by atoms with Crippen LogP contribution in [0.5, 0.6) is 23.0 Å². The van der Waals surface area contributed by atoms with E-state index in [1.54, 1.807) is 12.1 Å². The van der Waals surface area contributed by atoms with Crippen molar-refractivity contribution in [2.24, 2.45) is 5.92 Å². The Morgan fingerprint density at radius 1 is 0.842 bits per heavy atom. The SMILES string of the molecule is COC1=Cc2oc(-c3ccc(O)cc3)cc(=O)c2CC1[C@H]1O[C@H](CO)[C@@H](O)[C@@H](O)[C@H]1O[C@@H]1O[C@H](COC(=O)/C=C/c2cc(OC)c(O)c(OC)c2)[C@@H](O)[C@@H](O)[C@H]1O. The van der Waals surface area contributed by atoms with Gasteiger partial charge in [-0.1, -0.05) is 0 Å². The van der Waals surface area contributed by atoms with E-state index in [0.717, 1.165) is 6.08 Å². The van der Waals surface area contributed by atoms with Crippen LogP contribution in [0.25, 0.3) is 23.5 Å². The Kier molecular flexibility index (Phi) is 12.9. The van der Waals surface area contributed by atoms with E-state index < -0.39 is 91.8 Å². The van der Waals surface area contributed by atoms with Crippen molar-refractivity contribution < 1.29 is 83.2 Å². The smallest absolute Gasteiger partial charge is 0.330 e. The predicted molar refractivity (Wildman–Crippen MR) is 195 cm³/mol. The molecule has 18 nitrogen and oxygen atoms in total. The monoisotopic (exact) mass is 800 g/mol. The molecule has 11 atom stereocenters. The lowest BCUT2D eigenvalue weighted by molar-refractivity contribution is -0.344. The molecule has 1 aliphatic carbocycles. The van der Waals surface area contributed by atoms with E-state index in [9.17, 15) is 50.4 Å². The van der Waals surface area contributed by atoms with Gasteiger partial charge in [0.1, 0.15) is 78.5 Å². The molecule has 0 spiro atoms. The third kappa shape index (κ3) is 8.64. The van der Waals surface area contributed by atoms with Gasteiger partial charge in [-0.2, -0.15) is 0 Å². The molecule has 2 aliphatic heterocycles. The molecule has 18 heteroatoms. The first-order valence-electron chi connectivity index (χ1n) is 17.8. The Hall–Kier alpha value is -5.02. The van der Waals surface area contributed by atoms with Gasteiger partial charge in [0.05, 0.1) is 34.0 Å². The second-order valence-corrected chi connectivity index (χ2v) is 13.6. The maximum atomic E-state index is 13.5. The number of rotatable bonds is 12. The summed E-state index contributed by atoms with van der Waals surface area (Å²) in [5.74, 6) is -1.27. The van der Waals surface area contributed by atoms with Crippen LogP contribution in [0.15, 0.2) is 63.5 Å². The van der Waals surface area contributed by atoms with Gasteiger partial charge < -0.3 is 78.4 Å². The number of carbonyl (C=O) groups is 1. The Bertz CT molecular complexity index is 1980. The summed E-state index contributed by atoms with van der Waals surface area (Å²) in [6, 6.07) is 10.2. The van der Waals surface area contributed by atoms with Gasteiger partial charge in [-0.05, 0) is 54.5 Å². The maximum absolute atomic E-state index is 13.5. The Balaban J connectivity index is 1.21. The van der Waals surface area contributed by atoms with Gasteiger partial charge in [-0.3, -0.25) is 4.79 Å². The molecular formula is C39H44O18. The van der Waals surface area contributed by atoms with Crippen molar-refractivity contribution in [2.45, 2.75) is 67.6 Å². The molecule has 0 radical (unpaired) electrons. The molecule has 1 unspecified atom stereocenters. The van der Waals surface area contributed by atoms with Crippen LogP contribution < -0.4 is 14.9 Å². The number of benzene rings is 2. The number of fused-ring (bicyclic) bond motifs is 1. The van der Waals surface area contributed by atoms with Crippen molar-refractivity contribution in [3.8, 4) is 34.3 Å². The summed E-state index contributed by atoms with van der Waals surface area (Å²) in [5, 5.41) is 84.5. The summed E-state index contributed by atoms with van der Waals surface area (Å²) in [7, 11) is 4.03. The second kappa shape index (κ2) is 17.6. The number of esters is 1. The Labute approximate surface area is 324 Å². The molecule has 2 aromatic carbocycles. The molecule has 3 aliphatic rings. The molecule has 0 saturated carbocycles. The molecule has 8 N–H and O–H groups in total. The van der Waals surface area contributed by atoms with E-state index in [1.807, 2.05) is 0 Å². The van der Waals surface area contributed by atoms with Crippen LogP contribution in [-0.2, 0) is 34.9 Å². The van der Waals surface area contributed by atoms with Crippen LogP contribution >= 0.6 is 0 Å². The van der Waals surface area contributed by atoms with E-state index in [1.165, 1.54) is 63.8 Å². The predicted octanol–water partition coefficient (Wildman–Crippen LogP) is -0.174. The molecule has 0 amide bonds. The second-order valence-electron chi connectivity index (χ2n) is 13.6. The first-order valence-corrected chi connectivity index (χ1v) is 17.8. The molecule has 2 saturated heterocycles. The summed E-state index contributed by atoms with van der Waals surface area (Å²) >= 11 is 0. The average molecular weight is 801 g/mol. The number of hydrogen-bond acceptors (Lipinski definition) is 18. The third-order valence-electron chi connectivity index (χ3n) is 10.1. The summed E-state index contributed by atoms with van der Waals surface area (Å²) in [4.78, 5) is 26.1. The third-order valence-corrected chi connectivity index (χ3v) is 10.1. The van der Waals surface area contributed by atoms with Crippen LogP contribution in [0.4, 0.5) is 0 Å². The van der Waals surface area contributed by atoms with E-state index in [0.29, 0.717) is 11.1 Å². The maximum Gasteiger partial charge on any atom is 0.330 e. The number of aliphatic hydroxyl groups excluding tert-OH is 6. The average Bonchev–Trinajstić information content (AvgIpc) is 3.21. The fraction of sp³-hybridized carbons (Fsp3) is 0.436. The summed E-state index contributed by atoms with van der Waals surface area (Å²) < 4.78 is 45.1. The van der Waals surface area contributed by atoms with Gasteiger partial charge in [-0.15, -0.1) is 0 Å². The molecule has 308 valence electrons. The number of ether oxygens (including phenoxy) is 7. The van der Waals surface area contributed by atoms with Gasteiger partial charge >= 0.3 is 5.97 Å². The lowest BCUT2D eigenvalue weighted by Gasteiger charge is -2.48. The van der Waals surface area contributed by atoms with Crippen molar-refractivity contribution in [3.63, 3.8) is 0 Å². The molecule has 3 heterocycles. The van der Waals surface area contributed by atoms with Gasteiger partial charge in [0.25, 0.3) is 0 Å². The van der Waals surface area contributed by atoms with Crippen molar-refractivity contribution >= 4 is 18.1 Å². The van der Waals surface area contributed by atoms with Crippen molar-refractivity contribution in [1.29, 1.82) is 0 Å². The summed E-state index contributed by atoms with van der Waals surface area (Å²) in [6.45, 7) is -1.37. The molecule has 6 rings (SSSR count). The first kappa shape index (κ1) is 41.6. The quantitative estimate of drug-likeness (QED) is 0.0872. The van der Waals surface area contributed by atoms with Gasteiger partial charge in [0, 0.05) is 35.3 Å². The topological polar surface area (TPSA) is 274 Å². The highest BCUT2D eigenvalue weighted by Crippen LogP contribution is 2.40. The number of aliphatic hydroxyl groups is 6. The lowest BCUT2D eigenvalue weighted by Crippen LogP contribution is -2.65. The van der Waals surface area contributed by atoms with E-state index >= 15 is 0 Å². The zero-order valence-corrected chi connectivity index (χ0v) is 30.9. The molecule has 0 bridgehead atoms. The molecular weight excluding hydrogens is 756 g/mol. The number of phenols is 2. The minimum atomic E-state index is -1.93. The summed E-state index contributed by atoms with van der Waals surface area (Å²) in [6.07, 6.45) is -12.9. The van der Waals surface area contributed by atoms with Crippen LogP contribution in [0.3, 0.4) is 0 Å². The Morgan fingerprint density at radius 3 is 2.14 bits per heavy atom. The highest BCUT2D eigenvalue weighted by molar-refractivity contribution is 5.87. The number of methoxy groups -OCH3 is 3. The van der Waals surface area contributed by atoms with Crippen molar-refractivity contribution in [1.82, 2.24) is 0 Å². The van der Waals surface area contributed by atoms with Gasteiger partial charge in [0.2, 0.25) is 5.75 Å². The van der Waals surface area contributed by atoms with Crippen LogP contribution in [0.1, 0.15) is 16.9 Å². The molecule has 57 heavy (non-hydrogen) atoms. The zero-order chi connectivity index (χ0) is 41.1.